The van der Waals surface area contributed by atoms with Gasteiger partial charge in [-0.25, -0.2) is 9.67 Å². The number of rotatable bonds is 6. The van der Waals surface area contributed by atoms with E-state index in [1.165, 1.54) is 0 Å². The van der Waals surface area contributed by atoms with Crippen LogP contribution in [0.1, 0.15) is 11.5 Å². The second-order valence-corrected chi connectivity index (χ2v) is 6.95. The van der Waals surface area contributed by atoms with E-state index < -0.39 is 0 Å². The van der Waals surface area contributed by atoms with Crippen molar-refractivity contribution in [1.82, 2.24) is 30.0 Å². The van der Waals surface area contributed by atoms with E-state index in [0.717, 1.165) is 34.4 Å². The molecule has 0 aliphatic carbocycles. The molecule has 0 aliphatic heterocycles. The van der Waals surface area contributed by atoms with Crippen LogP contribution < -0.4 is 5.32 Å². The van der Waals surface area contributed by atoms with Crippen LogP contribution in [0.25, 0.3) is 16.9 Å². The fourth-order valence-electron chi connectivity index (χ4n) is 3.24. The molecule has 0 saturated carbocycles. The standard InChI is InChI=1S/C23H25N7/c1-24-23(26-15-19-13-14-30(28-19)20-11-7-4-8-12-20)29(2)17-22-25-16-21(27-22)18-9-5-3-6-10-18/h3-14,16H,15,17H2,1-2H3,(H,24,26)(H,25,27). The summed E-state index contributed by atoms with van der Waals surface area (Å²) in [4.78, 5) is 14.3. The van der Waals surface area contributed by atoms with Crippen molar-refractivity contribution in [3.05, 3.63) is 90.6 Å². The maximum absolute atomic E-state index is 4.63. The summed E-state index contributed by atoms with van der Waals surface area (Å²) in [6.45, 7) is 1.20. The number of nitrogens with one attached hydrogen (secondary N) is 2. The van der Waals surface area contributed by atoms with E-state index in [2.05, 4.69) is 37.5 Å². The molecule has 0 unspecified atom stereocenters. The first-order valence-corrected chi connectivity index (χ1v) is 9.84. The largest absolute Gasteiger partial charge is 0.351 e. The Morgan fingerprint density at radius 2 is 1.80 bits per heavy atom. The van der Waals surface area contributed by atoms with Gasteiger partial charge in [0.15, 0.2) is 5.96 Å². The third kappa shape index (κ3) is 4.57. The summed E-state index contributed by atoms with van der Waals surface area (Å²) in [7, 11) is 3.77. The summed E-state index contributed by atoms with van der Waals surface area (Å²) in [5.74, 6) is 1.66. The molecule has 4 aromatic rings. The van der Waals surface area contributed by atoms with Gasteiger partial charge < -0.3 is 15.2 Å². The number of hydrogen-bond donors (Lipinski definition) is 2. The molecule has 2 aromatic carbocycles. The lowest BCUT2D eigenvalue weighted by molar-refractivity contribution is 0.463. The molecular weight excluding hydrogens is 374 g/mol. The zero-order valence-corrected chi connectivity index (χ0v) is 17.2. The predicted molar refractivity (Wildman–Crippen MR) is 119 cm³/mol. The van der Waals surface area contributed by atoms with Gasteiger partial charge in [-0.2, -0.15) is 5.10 Å². The smallest absolute Gasteiger partial charge is 0.194 e. The van der Waals surface area contributed by atoms with Gasteiger partial charge in [0.25, 0.3) is 0 Å². The average molecular weight is 400 g/mol. The monoisotopic (exact) mass is 399 g/mol. The number of imidazole rings is 1. The summed E-state index contributed by atoms with van der Waals surface area (Å²) < 4.78 is 1.87. The van der Waals surface area contributed by atoms with Crippen molar-refractivity contribution in [3.8, 4) is 16.9 Å². The highest BCUT2D eigenvalue weighted by Crippen LogP contribution is 2.16. The van der Waals surface area contributed by atoms with Gasteiger partial charge in [0.05, 0.1) is 36.4 Å². The number of aliphatic imine (C=N–C) groups is 1. The van der Waals surface area contributed by atoms with Crippen molar-refractivity contribution in [2.45, 2.75) is 13.1 Å². The zero-order valence-electron chi connectivity index (χ0n) is 17.2. The van der Waals surface area contributed by atoms with E-state index in [9.17, 15) is 0 Å². The van der Waals surface area contributed by atoms with Crippen molar-refractivity contribution in [2.24, 2.45) is 4.99 Å². The Morgan fingerprint density at radius 1 is 1.07 bits per heavy atom. The molecule has 30 heavy (non-hydrogen) atoms. The van der Waals surface area contributed by atoms with Crippen LogP contribution in [-0.4, -0.2) is 44.7 Å². The molecule has 0 saturated heterocycles. The van der Waals surface area contributed by atoms with Crippen LogP contribution in [0.5, 0.6) is 0 Å². The maximum Gasteiger partial charge on any atom is 0.194 e. The van der Waals surface area contributed by atoms with Crippen LogP contribution >= 0.6 is 0 Å². The van der Waals surface area contributed by atoms with Gasteiger partial charge in [0.2, 0.25) is 0 Å². The van der Waals surface area contributed by atoms with Crippen molar-refractivity contribution < 1.29 is 0 Å². The van der Waals surface area contributed by atoms with Crippen LogP contribution in [-0.2, 0) is 13.1 Å². The fourth-order valence-corrected chi connectivity index (χ4v) is 3.24. The summed E-state index contributed by atoms with van der Waals surface area (Å²) in [5, 5.41) is 8.00. The Labute approximate surface area is 176 Å². The second kappa shape index (κ2) is 9.09. The Hall–Kier alpha value is -3.87. The quantitative estimate of drug-likeness (QED) is 0.385. The normalized spacial score (nSPS) is 11.5. The van der Waals surface area contributed by atoms with Gasteiger partial charge in [-0.1, -0.05) is 48.5 Å². The first kappa shape index (κ1) is 19.4. The minimum atomic E-state index is 0.588. The van der Waals surface area contributed by atoms with Gasteiger partial charge in [0.1, 0.15) is 5.82 Å². The van der Waals surface area contributed by atoms with Gasteiger partial charge in [0, 0.05) is 20.3 Å². The van der Waals surface area contributed by atoms with Crippen LogP contribution in [0.2, 0.25) is 0 Å². The molecular formula is C23H25N7. The second-order valence-electron chi connectivity index (χ2n) is 6.95. The number of nitrogens with zero attached hydrogens (tertiary/aromatic N) is 5. The lowest BCUT2D eigenvalue weighted by atomic mass is 10.2. The molecule has 0 aliphatic rings. The van der Waals surface area contributed by atoms with Gasteiger partial charge >= 0.3 is 0 Å². The topological polar surface area (TPSA) is 74.1 Å². The number of hydrogen-bond acceptors (Lipinski definition) is 3. The Bertz CT molecular complexity index is 1100. The minimum absolute atomic E-state index is 0.588. The Balaban J connectivity index is 1.35. The van der Waals surface area contributed by atoms with Crippen LogP contribution in [0.3, 0.4) is 0 Å². The first-order valence-electron chi connectivity index (χ1n) is 9.84. The van der Waals surface area contributed by atoms with Crippen LogP contribution in [0.15, 0.2) is 84.1 Å². The zero-order chi connectivity index (χ0) is 20.8. The number of aromatic nitrogens is 4. The summed E-state index contributed by atoms with van der Waals surface area (Å²) in [5.41, 5.74) is 4.11. The molecule has 0 spiro atoms. The summed E-state index contributed by atoms with van der Waals surface area (Å²) in [6, 6.07) is 22.3. The van der Waals surface area contributed by atoms with E-state index in [1.807, 2.05) is 83.6 Å². The van der Waals surface area contributed by atoms with Crippen molar-refractivity contribution in [3.63, 3.8) is 0 Å². The van der Waals surface area contributed by atoms with E-state index in [-0.39, 0.29) is 0 Å². The Morgan fingerprint density at radius 3 is 2.53 bits per heavy atom. The molecule has 152 valence electrons. The SMILES string of the molecule is CN=C(NCc1ccn(-c2ccccc2)n1)N(C)Cc1ncc(-c2ccccc2)[nH]1. The highest BCUT2D eigenvalue weighted by atomic mass is 15.3. The Kier molecular flexibility index (Phi) is 5.89. The van der Waals surface area contributed by atoms with Crippen molar-refractivity contribution in [2.75, 3.05) is 14.1 Å². The molecule has 7 heteroatoms. The average Bonchev–Trinajstić information content (AvgIpc) is 3.45. The van der Waals surface area contributed by atoms with Gasteiger partial charge in [-0.05, 0) is 23.8 Å². The van der Waals surface area contributed by atoms with Gasteiger partial charge in [-0.3, -0.25) is 4.99 Å². The fraction of sp³-hybridized carbons (Fsp3) is 0.174. The molecule has 2 heterocycles. The first-order chi connectivity index (χ1) is 14.7. The number of aromatic amines is 1. The number of H-pyrrole nitrogens is 1. The highest BCUT2D eigenvalue weighted by Gasteiger charge is 2.11. The summed E-state index contributed by atoms with van der Waals surface area (Å²) in [6.07, 6.45) is 3.83. The molecule has 2 aromatic heterocycles. The number of benzene rings is 2. The van der Waals surface area contributed by atoms with Crippen LogP contribution in [0.4, 0.5) is 0 Å². The minimum Gasteiger partial charge on any atom is -0.351 e. The summed E-state index contributed by atoms with van der Waals surface area (Å²) >= 11 is 0. The van der Waals surface area contributed by atoms with Gasteiger partial charge in [-0.15, -0.1) is 0 Å². The lowest BCUT2D eigenvalue weighted by Gasteiger charge is -2.20. The molecule has 2 N–H and O–H groups in total. The number of guanidine groups is 1. The van der Waals surface area contributed by atoms with E-state index in [0.29, 0.717) is 13.1 Å². The molecule has 0 amide bonds. The molecule has 4 rings (SSSR count). The third-order valence-corrected chi connectivity index (χ3v) is 4.77. The molecule has 0 fully saturated rings. The van der Waals surface area contributed by atoms with Crippen molar-refractivity contribution in [1.29, 1.82) is 0 Å². The molecule has 0 atom stereocenters. The lowest BCUT2D eigenvalue weighted by Crippen LogP contribution is -2.38. The van der Waals surface area contributed by atoms with E-state index in [4.69, 9.17) is 0 Å². The molecule has 0 bridgehead atoms. The third-order valence-electron chi connectivity index (χ3n) is 4.77. The molecule has 7 nitrogen and oxygen atoms in total. The van der Waals surface area contributed by atoms with E-state index >= 15 is 0 Å². The maximum atomic E-state index is 4.63. The molecule has 0 radical (unpaired) electrons. The van der Waals surface area contributed by atoms with E-state index in [1.54, 1.807) is 7.05 Å². The highest BCUT2D eigenvalue weighted by molar-refractivity contribution is 5.79. The predicted octanol–water partition coefficient (Wildman–Crippen LogP) is 3.47. The van der Waals surface area contributed by atoms with Crippen molar-refractivity contribution >= 4 is 5.96 Å². The number of para-hydroxylation sites is 1. The van der Waals surface area contributed by atoms with Crippen LogP contribution in [0, 0.1) is 0 Å².